The Hall–Kier alpha value is -0.540. The standard InChI is InChI=1S/C13H20BrNO/c1-4-9(2)10(3)15-8-11-6-5-7-12(14)13(11)16/h5-7,9-10,15-16H,4,8H2,1-3H3. The maximum Gasteiger partial charge on any atom is 0.134 e. The first-order valence-corrected chi connectivity index (χ1v) is 6.55. The number of hydrogen-bond acceptors (Lipinski definition) is 2. The van der Waals surface area contributed by atoms with Crippen LogP contribution in [0.5, 0.6) is 5.75 Å². The van der Waals surface area contributed by atoms with E-state index in [1.54, 1.807) is 0 Å². The number of aromatic hydroxyl groups is 1. The van der Waals surface area contributed by atoms with E-state index in [1.165, 1.54) is 6.42 Å². The van der Waals surface area contributed by atoms with Gasteiger partial charge in [-0.1, -0.05) is 32.4 Å². The molecule has 2 N–H and O–H groups in total. The van der Waals surface area contributed by atoms with E-state index in [2.05, 4.69) is 42.0 Å². The molecule has 90 valence electrons. The van der Waals surface area contributed by atoms with Gasteiger partial charge in [0.1, 0.15) is 5.75 Å². The van der Waals surface area contributed by atoms with Gasteiger partial charge in [-0.05, 0) is 34.8 Å². The molecule has 0 radical (unpaired) electrons. The molecule has 0 aromatic heterocycles. The zero-order valence-corrected chi connectivity index (χ0v) is 11.7. The number of halogens is 1. The van der Waals surface area contributed by atoms with E-state index in [0.717, 1.165) is 10.0 Å². The van der Waals surface area contributed by atoms with Gasteiger partial charge in [0.25, 0.3) is 0 Å². The van der Waals surface area contributed by atoms with E-state index in [-0.39, 0.29) is 0 Å². The van der Waals surface area contributed by atoms with E-state index in [0.29, 0.717) is 24.3 Å². The number of hydrogen-bond donors (Lipinski definition) is 2. The van der Waals surface area contributed by atoms with Crippen molar-refractivity contribution in [2.24, 2.45) is 5.92 Å². The molecule has 2 unspecified atom stereocenters. The molecule has 0 heterocycles. The van der Waals surface area contributed by atoms with Gasteiger partial charge in [-0.25, -0.2) is 0 Å². The molecule has 2 atom stereocenters. The van der Waals surface area contributed by atoms with Crippen molar-refractivity contribution in [1.82, 2.24) is 5.32 Å². The Kier molecular flexibility index (Phi) is 5.29. The van der Waals surface area contributed by atoms with E-state index in [1.807, 2.05) is 18.2 Å². The molecule has 0 saturated heterocycles. The summed E-state index contributed by atoms with van der Waals surface area (Å²) in [5.74, 6) is 0.987. The van der Waals surface area contributed by atoms with Gasteiger partial charge in [0, 0.05) is 18.2 Å². The highest BCUT2D eigenvalue weighted by Gasteiger charge is 2.11. The zero-order valence-electron chi connectivity index (χ0n) is 10.1. The van der Waals surface area contributed by atoms with Crippen LogP contribution in [0, 0.1) is 5.92 Å². The summed E-state index contributed by atoms with van der Waals surface area (Å²) in [4.78, 5) is 0. The Balaban J connectivity index is 2.58. The Morgan fingerprint density at radius 1 is 1.38 bits per heavy atom. The summed E-state index contributed by atoms with van der Waals surface area (Å²) < 4.78 is 0.753. The van der Waals surface area contributed by atoms with Crippen molar-refractivity contribution in [3.8, 4) is 5.75 Å². The molecule has 0 bridgehead atoms. The van der Waals surface area contributed by atoms with Crippen LogP contribution in [0.15, 0.2) is 22.7 Å². The molecular weight excluding hydrogens is 266 g/mol. The fourth-order valence-electron chi connectivity index (χ4n) is 1.53. The lowest BCUT2D eigenvalue weighted by atomic mass is 10.0. The lowest BCUT2D eigenvalue weighted by molar-refractivity contribution is 0.384. The molecule has 3 heteroatoms. The maximum absolute atomic E-state index is 9.82. The Morgan fingerprint density at radius 2 is 2.06 bits per heavy atom. The van der Waals surface area contributed by atoms with Crippen LogP contribution in [0.2, 0.25) is 0 Å². The summed E-state index contributed by atoms with van der Waals surface area (Å²) in [6.07, 6.45) is 1.17. The number of rotatable bonds is 5. The molecule has 1 rings (SSSR count). The number of phenols is 1. The first kappa shape index (κ1) is 13.5. The van der Waals surface area contributed by atoms with E-state index >= 15 is 0 Å². The topological polar surface area (TPSA) is 32.3 Å². The van der Waals surface area contributed by atoms with Gasteiger partial charge >= 0.3 is 0 Å². The highest BCUT2D eigenvalue weighted by Crippen LogP contribution is 2.27. The lowest BCUT2D eigenvalue weighted by Gasteiger charge is -2.20. The fourth-order valence-corrected chi connectivity index (χ4v) is 1.94. The summed E-state index contributed by atoms with van der Waals surface area (Å²) in [5, 5.41) is 13.3. The summed E-state index contributed by atoms with van der Waals surface area (Å²) >= 11 is 3.32. The van der Waals surface area contributed by atoms with Crippen LogP contribution in [-0.4, -0.2) is 11.1 Å². The smallest absolute Gasteiger partial charge is 0.134 e. The molecule has 0 spiro atoms. The molecule has 0 fully saturated rings. The normalized spacial score (nSPS) is 14.8. The minimum absolute atomic E-state index is 0.339. The maximum atomic E-state index is 9.82. The molecule has 0 aliphatic heterocycles. The minimum Gasteiger partial charge on any atom is -0.506 e. The SMILES string of the molecule is CCC(C)C(C)NCc1cccc(Br)c1O. The van der Waals surface area contributed by atoms with Crippen molar-refractivity contribution in [3.63, 3.8) is 0 Å². The highest BCUT2D eigenvalue weighted by molar-refractivity contribution is 9.10. The van der Waals surface area contributed by atoms with Gasteiger partial charge in [0.2, 0.25) is 0 Å². The van der Waals surface area contributed by atoms with Gasteiger partial charge in [-0.2, -0.15) is 0 Å². The Morgan fingerprint density at radius 3 is 2.69 bits per heavy atom. The highest BCUT2D eigenvalue weighted by atomic mass is 79.9. The molecule has 16 heavy (non-hydrogen) atoms. The lowest BCUT2D eigenvalue weighted by Crippen LogP contribution is -2.31. The van der Waals surface area contributed by atoms with E-state index in [9.17, 15) is 5.11 Å². The van der Waals surface area contributed by atoms with Crippen LogP contribution in [0.4, 0.5) is 0 Å². The summed E-state index contributed by atoms with van der Waals surface area (Å²) in [5.41, 5.74) is 0.935. The molecule has 0 saturated carbocycles. The first-order valence-electron chi connectivity index (χ1n) is 5.76. The minimum atomic E-state index is 0.339. The summed E-state index contributed by atoms with van der Waals surface area (Å²) in [7, 11) is 0. The van der Waals surface area contributed by atoms with Gasteiger partial charge in [-0.15, -0.1) is 0 Å². The van der Waals surface area contributed by atoms with Gasteiger partial charge in [-0.3, -0.25) is 0 Å². The number of nitrogens with one attached hydrogen (secondary N) is 1. The predicted molar refractivity (Wildman–Crippen MR) is 71.6 cm³/mol. The van der Waals surface area contributed by atoms with Crippen molar-refractivity contribution < 1.29 is 5.11 Å². The van der Waals surface area contributed by atoms with Crippen LogP contribution in [0.1, 0.15) is 32.8 Å². The average molecular weight is 286 g/mol. The van der Waals surface area contributed by atoms with Crippen LogP contribution in [-0.2, 0) is 6.54 Å². The molecule has 0 aliphatic rings. The Bertz CT molecular complexity index is 341. The van der Waals surface area contributed by atoms with E-state index in [4.69, 9.17) is 0 Å². The molecule has 0 amide bonds. The number of benzene rings is 1. The average Bonchev–Trinajstić information content (AvgIpc) is 2.29. The second-order valence-electron chi connectivity index (χ2n) is 4.30. The molecule has 0 aliphatic carbocycles. The predicted octanol–water partition coefficient (Wildman–Crippen LogP) is 3.68. The van der Waals surface area contributed by atoms with Crippen molar-refractivity contribution in [2.75, 3.05) is 0 Å². The molecule has 1 aromatic carbocycles. The number of para-hydroxylation sites is 1. The van der Waals surface area contributed by atoms with E-state index < -0.39 is 0 Å². The summed E-state index contributed by atoms with van der Waals surface area (Å²) in [6, 6.07) is 6.19. The second-order valence-corrected chi connectivity index (χ2v) is 5.16. The van der Waals surface area contributed by atoms with Crippen LogP contribution < -0.4 is 5.32 Å². The largest absolute Gasteiger partial charge is 0.506 e. The van der Waals surface area contributed by atoms with Gasteiger partial charge in [0.05, 0.1) is 4.47 Å². The third-order valence-corrected chi connectivity index (χ3v) is 3.82. The van der Waals surface area contributed by atoms with Crippen molar-refractivity contribution in [2.45, 2.75) is 39.8 Å². The van der Waals surface area contributed by atoms with Crippen LogP contribution >= 0.6 is 15.9 Å². The van der Waals surface area contributed by atoms with Crippen LogP contribution in [0.25, 0.3) is 0 Å². The quantitative estimate of drug-likeness (QED) is 0.865. The van der Waals surface area contributed by atoms with Gasteiger partial charge in [0.15, 0.2) is 0 Å². The summed E-state index contributed by atoms with van der Waals surface area (Å²) in [6.45, 7) is 7.32. The third kappa shape index (κ3) is 3.49. The van der Waals surface area contributed by atoms with Crippen molar-refractivity contribution in [1.29, 1.82) is 0 Å². The van der Waals surface area contributed by atoms with Crippen LogP contribution in [0.3, 0.4) is 0 Å². The zero-order chi connectivity index (χ0) is 12.1. The number of phenolic OH excluding ortho intramolecular Hbond substituents is 1. The third-order valence-electron chi connectivity index (χ3n) is 3.18. The van der Waals surface area contributed by atoms with Crippen molar-refractivity contribution >= 4 is 15.9 Å². The Labute approximate surface area is 106 Å². The fraction of sp³-hybridized carbons (Fsp3) is 0.538. The van der Waals surface area contributed by atoms with Gasteiger partial charge < -0.3 is 10.4 Å². The monoisotopic (exact) mass is 285 g/mol. The second kappa shape index (κ2) is 6.26. The van der Waals surface area contributed by atoms with Crippen molar-refractivity contribution in [3.05, 3.63) is 28.2 Å². The molecule has 1 aromatic rings. The first-order chi connectivity index (χ1) is 7.56. The molecular formula is C13H20BrNO. The molecule has 2 nitrogen and oxygen atoms in total.